The Balaban J connectivity index is 1.45. The molecule has 0 aliphatic rings. The molecule has 160 valence electrons. The van der Waals surface area contributed by atoms with Gasteiger partial charge in [-0.3, -0.25) is 4.98 Å². The highest BCUT2D eigenvalue weighted by molar-refractivity contribution is 5.77. The molecule has 5 aromatic rings. The molecule has 0 unspecified atom stereocenters. The number of ether oxygens (including phenoxy) is 1. The Morgan fingerprint density at radius 2 is 1.94 bits per heavy atom. The molecule has 0 fully saturated rings. The Bertz CT molecular complexity index is 1370. The second-order valence-corrected chi connectivity index (χ2v) is 7.51. The lowest BCUT2D eigenvalue weighted by Gasteiger charge is -2.05. The van der Waals surface area contributed by atoms with Gasteiger partial charge in [-0.2, -0.15) is 5.10 Å². The van der Waals surface area contributed by atoms with Crippen molar-refractivity contribution in [3.05, 3.63) is 84.2 Å². The van der Waals surface area contributed by atoms with Crippen molar-refractivity contribution in [2.75, 3.05) is 7.11 Å². The normalized spacial score (nSPS) is 11.2. The summed E-state index contributed by atoms with van der Waals surface area (Å²) in [4.78, 5) is 17.3. The molecule has 4 heterocycles. The zero-order chi connectivity index (χ0) is 21.9. The van der Waals surface area contributed by atoms with Gasteiger partial charge in [0, 0.05) is 24.0 Å². The van der Waals surface area contributed by atoms with E-state index in [4.69, 9.17) is 14.7 Å². The predicted octanol–water partition coefficient (Wildman–Crippen LogP) is 3.79. The molecule has 2 N–H and O–H groups in total. The summed E-state index contributed by atoms with van der Waals surface area (Å²) in [6.45, 7) is 3.27. The second kappa shape index (κ2) is 8.60. The minimum atomic E-state index is 0.585. The van der Waals surface area contributed by atoms with E-state index in [-0.39, 0.29) is 0 Å². The van der Waals surface area contributed by atoms with Gasteiger partial charge in [0.05, 0.1) is 30.7 Å². The molecule has 8 nitrogen and oxygen atoms in total. The third-order valence-electron chi connectivity index (χ3n) is 5.20. The molecule has 0 spiro atoms. The van der Waals surface area contributed by atoms with E-state index in [1.807, 2.05) is 61.7 Å². The van der Waals surface area contributed by atoms with Gasteiger partial charge in [0.2, 0.25) is 0 Å². The number of aromatic amines is 1. The molecule has 0 saturated carbocycles. The van der Waals surface area contributed by atoms with Gasteiger partial charge < -0.3 is 15.0 Å². The number of H-pyrrole nitrogens is 1. The molecule has 0 atom stereocenters. The van der Waals surface area contributed by atoms with Crippen LogP contribution in [0.2, 0.25) is 0 Å². The predicted molar refractivity (Wildman–Crippen MR) is 122 cm³/mol. The Hall–Kier alpha value is -4.04. The lowest BCUT2D eigenvalue weighted by atomic mass is 10.1. The average Bonchev–Trinajstić information content (AvgIpc) is 3.46. The van der Waals surface area contributed by atoms with Crippen molar-refractivity contribution in [1.29, 1.82) is 0 Å². The minimum Gasteiger partial charge on any atom is -0.497 e. The molecule has 0 saturated heterocycles. The van der Waals surface area contributed by atoms with E-state index in [1.54, 1.807) is 18.0 Å². The van der Waals surface area contributed by atoms with Crippen LogP contribution in [-0.2, 0) is 13.1 Å². The summed E-state index contributed by atoms with van der Waals surface area (Å²) < 4.78 is 7.05. The topological polar surface area (TPSA) is 93.0 Å². The highest BCUT2D eigenvalue weighted by atomic mass is 16.5. The molecule has 4 aromatic heterocycles. The maximum Gasteiger partial charge on any atom is 0.155 e. The first kappa shape index (κ1) is 19.9. The van der Waals surface area contributed by atoms with E-state index < -0.39 is 0 Å². The lowest BCUT2D eigenvalue weighted by molar-refractivity contribution is 0.414. The molecular weight excluding hydrogens is 402 g/mol. The molecule has 0 aliphatic heterocycles. The standard InChI is InChI=1S/C24H23N7O/c1-16-5-3-8-20(28-16)24-23(18-9-10-22-26-15-27-31(22)14-18)29-21(30-24)13-25-12-17-6-4-7-19(11-17)32-2/h3-11,14-15,25H,12-13H2,1-2H3,(H,29,30). The van der Waals surface area contributed by atoms with E-state index in [9.17, 15) is 0 Å². The van der Waals surface area contributed by atoms with Gasteiger partial charge in [-0.25, -0.2) is 14.5 Å². The summed E-state index contributed by atoms with van der Waals surface area (Å²) in [5, 5.41) is 7.71. The molecule has 32 heavy (non-hydrogen) atoms. The van der Waals surface area contributed by atoms with E-state index in [1.165, 1.54) is 0 Å². The van der Waals surface area contributed by atoms with E-state index in [0.717, 1.165) is 51.1 Å². The molecule has 5 rings (SSSR count). The van der Waals surface area contributed by atoms with Crippen LogP contribution >= 0.6 is 0 Å². The molecule has 1 aromatic carbocycles. The number of rotatable bonds is 7. The summed E-state index contributed by atoms with van der Waals surface area (Å²) in [5.74, 6) is 1.68. The van der Waals surface area contributed by atoms with E-state index >= 15 is 0 Å². The van der Waals surface area contributed by atoms with E-state index in [0.29, 0.717) is 13.1 Å². The fourth-order valence-corrected chi connectivity index (χ4v) is 3.65. The third kappa shape index (κ3) is 4.08. The van der Waals surface area contributed by atoms with Crippen LogP contribution in [0.3, 0.4) is 0 Å². The SMILES string of the molecule is COc1cccc(CNCc2nc(-c3ccc4ncnn4c3)c(-c3cccc(C)n3)[nH]2)c1. The number of methoxy groups -OCH3 is 1. The van der Waals surface area contributed by atoms with Gasteiger partial charge in [0.15, 0.2) is 5.65 Å². The van der Waals surface area contributed by atoms with Gasteiger partial charge in [0.25, 0.3) is 0 Å². The lowest BCUT2D eigenvalue weighted by Crippen LogP contribution is -2.13. The van der Waals surface area contributed by atoms with Gasteiger partial charge in [-0.15, -0.1) is 0 Å². The van der Waals surface area contributed by atoms with Crippen molar-refractivity contribution in [2.45, 2.75) is 20.0 Å². The van der Waals surface area contributed by atoms with Crippen LogP contribution in [0.25, 0.3) is 28.3 Å². The van der Waals surface area contributed by atoms with Gasteiger partial charge in [-0.05, 0) is 48.9 Å². The number of aryl methyl sites for hydroxylation is 1. The maximum atomic E-state index is 5.31. The zero-order valence-corrected chi connectivity index (χ0v) is 17.9. The van der Waals surface area contributed by atoms with Crippen molar-refractivity contribution in [3.8, 4) is 28.4 Å². The molecule has 8 heteroatoms. The summed E-state index contributed by atoms with van der Waals surface area (Å²) >= 11 is 0. The third-order valence-corrected chi connectivity index (χ3v) is 5.20. The number of hydrogen-bond acceptors (Lipinski definition) is 6. The molecule has 0 amide bonds. The van der Waals surface area contributed by atoms with Crippen LogP contribution in [0.1, 0.15) is 17.1 Å². The monoisotopic (exact) mass is 425 g/mol. The number of benzene rings is 1. The number of nitrogens with one attached hydrogen (secondary N) is 2. The van der Waals surface area contributed by atoms with Crippen LogP contribution in [0, 0.1) is 6.92 Å². The largest absolute Gasteiger partial charge is 0.497 e. The summed E-state index contributed by atoms with van der Waals surface area (Å²) in [7, 11) is 1.68. The first-order valence-corrected chi connectivity index (χ1v) is 10.4. The number of fused-ring (bicyclic) bond motifs is 1. The van der Waals surface area contributed by atoms with Crippen molar-refractivity contribution >= 4 is 5.65 Å². The van der Waals surface area contributed by atoms with Crippen LogP contribution in [0.5, 0.6) is 5.75 Å². The highest BCUT2D eigenvalue weighted by Crippen LogP contribution is 2.29. The molecule has 0 aliphatic carbocycles. The fourth-order valence-electron chi connectivity index (χ4n) is 3.65. The quantitative estimate of drug-likeness (QED) is 0.412. The number of aromatic nitrogens is 6. The van der Waals surface area contributed by atoms with Crippen molar-refractivity contribution in [1.82, 2.24) is 34.9 Å². The van der Waals surface area contributed by atoms with Crippen LogP contribution in [-0.4, -0.2) is 36.7 Å². The first-order chi connectivity index (χ1) is 15.7. The van der Waals surface area contributed by atoms with E-state index in [2.05, 4.69) is 26.4 Å². The Morgan fingerprint density at radius 3 is 2.81 bits per heavy atom. The van der Waals surface area contributed by atoms with Gasteiger partial charge >= 0.3 is 0 Å². The Kier molecular flexibility index (Phi) is 5.35. The summed E-state index contributed by atoms with van der Waals surface area (Å²) in [5.41, 5.74) is 6.40. The van der Waals surface area contributed by atoms with Gasteiger partial charge in [-0.1, -0.05) is 18.2 Å². The smallest absolute Gasteiger partial charge is 0.155 e. The Morgan fingerprint density at radius 1 is 1.03 bits per heavy atom. The highest BCUT2D eigenvalue weighted by Gasteiger charge is 2.16. The average molecular weight is 425 g/mol. The van der Waals surface area contributed by atoms with Crippen LogP contribution in [0.4, 0.5) is 0 Å². The number of imidazole rings is 1. The van der Waals surface area contributed by atoms with Crippen LogP contribution in [0.15, 0.2) is 67.1 Å². The Labute approximate surface area is 185 Å². The number of nitrogens with zero attached hydrogens (tertiary/aromatic N) is 5. The summed E-state index contributed by atoms with van der Waals surface area (Å²) in [6, 6.07) is 17.9. The first-order valence-electron chi connectivity index (χ1n) is 10.4. The molecular formula is C24H23N7O. The molecule has 0 bridgehead atoms. The maximum absolute atomic E-state index is 5.31. The number of pyridine rings is 2. The molecule has 0 radical (unpaired) electrons. The number of hydrogen-bond donors (Lipinski definition) is 2. The van der Waals surface area contributed by atoms with Crippen LogP contribution < -0.4 is 10.1 Å². The van der Waals surface area contributed by atoms with Crippen molar-refractivity contribution < 1.29 is 4.74 Å². The minimum absolute atomic E-state index is 0.585. The second-order valence-electron chi connectivity index (χ2n) is 7.51. The summed E-state index contributed by atoms with van der Waals surface area (Å²) in [6.07, 6.45) is 3.48. The van der Waals surface area contributed by atoms with Crippen molar-refractivity contribution in [3.63, 3.8) is 0 Å². The zero-order valence-electron chi connectivity index (χ0n) is 17.9. The van der Waals surface area contributed by atoms with Gasteiger partial charge in [0.1, 0.15) is 17.9 Å². The fraction of sp³-hybridized carbons (Fsp3) is 0.167. The van der Waals surface area contributed by atoms with Crippen molar-refractivity contribution in [2.24, 2.45) is 0 Å².